The summed E-state index contributed by atoms with van der Waals surface area (Å²) < 4.78 is 5.85. The summed E-state index contributed by atoms with van der Waals surface area (Å²) in [5.41, 5.74) is 1.05. The average molecular weight is 413 g/mol. The van der Waals surface area contributed by atoms with E-state index in [9.17, 15) is 0 Å². The van der Waals surface area contributed by atoms with Crippen molar-refractivity contribution in [2.45, 2.75) is 71.9 Å². The second-order valence-corrected chi connectivity index (χ2v) is 8.84. The van der Waals surface area contributed by atoms with Crippen LogP contribution in [0.2, 0.25) is 0 Å². The van der Waals surface area contributed by atoms with E-state index in [0.29, 0.717) is 19.0 Å². The molecule has 0 amide bonds. The summed E-state index contributed by atoms with van der Waals surface area (Å²) in [4.78, 5) is 16.1. The second kappa shape index (κ2) is 10.5. The standard InChI is InChI=1S/C23H36N6O/c1-5-24-22(28-17-21-26-16-19(30-21)23(2,3)4)27-15-18-10-11-20(25-14-18)29-12-8-6-7-9-13-29/h10-11,14,16H,5-9,12-13,15,17H2,1-4H3,(H2,24,27,28). The quantitative estimate of drug-likeness (QED) is 0.551. The van der Waals surface area contributed by atoms with Crippen molar-refractivity contribution in [3.8, 4) is 0 Å². The number of rotatable bonds is 6. The van der Waals surface area contributed by atoms with Gasteiger partial charge in [-0.25, -0.2) is 15.0 Å². The SMILES string of the molecule is CCNC(=NCc1ccc(N2CCCCCC2)nc1)NCc1ncc(C(C)(C)C)o1. The summed E-state index contributed by atoms with van der Waals surface area (Å²) in [6.45, 7) is 12.5. The van der Waals surface area contributed by atoms with Gasteiger partial charge in [-0.2, -0.15) is 0 Å². The van der Waals surface area contributed by atoms with Crippen LogP contribution in [0, 0.1) is 0 Å². The number of nitrogens with zero attached hydrogens (tertiary/aromatic N) is 4. The molecule has 1 aliphatic rings. The molecule has 2 aromatic heterocycles. The maximum Gasteiger partial charge on any atom is 0.213 e. The Labute approximate surface area is 180 Å². The van der Waals surface area contributed by atoms with Crippen molar-refractivity contribution >= 4 is 11.8 Å². The van der Waals surface area contributed by atoms with E-state index >= 15 is 0 Å². The van der Waals surface area contributed by atoms with E-state index in [1.165, 1.54) is 25.7 Å². The number of aliphatic imine (C=N–C) groups is 1. The normalized spacial score (nSPS) is 15.7. The molecule has 1 fully saturated rings. The fraction of sp³-hybridized carbons (Fsp3) is 0.609. The Balaban J connectivity index is 1.56. The van der Waals surface area contributed by atoms with Crippen molar-refractivity contribution in [1.82, 2.24) is 20.6 Å². The molecule has 0 unspecified atom stereocenters. The Morgan fingerprint density at radius 3 is 2.43 bits per heavy atom. The number of hydrogen-bond donors (Lipinski definition) is 2. The van der Waals surface area contributed by atoms with E-state index in [-0.39, 0.29) is 5.41 Å². The third-order valence-corrected chi connectivity index (χ3v) is 5.20. The van der Waals surface area contributed by atoms with Crippen LogP contribution in [-0.2, 0) is 18.5 Å². The first-order valence-corrected chi connectivity index (χ1v) is 11.1. The highest BCUT2D eigenvalue weighted by atomic mass is 16.4. The molecule has 1 aliphatic heterocycles. The smallest absolute Gasteiger partial charge is 0.213 e. The highest BCUT2D eigenvalue weighted by Gasteiger charge is 2.19. The zero-order valence-corrected chi connectivity index (χ0v) is 18.9. The molecule has 0 atom stereocenters. The van der Waals surface area contributed by atoms with Gasteiger partial charge >= 0.3 is 0 Å². The number of aromatic nitrogens is 2. The summed E-state index contributed by atoms with van der Waals surface area (Å²) in [6.07, 6.45) is 8.92. The number of guanidine groups is 1. The van der Waals surface area contributed by atoms with Gasteiger partial charge in [0.25, 0.3) is 0 Å². The van der Waals surface area contributed by atoms with Crippen LogP contribution in [0.25, 0.3) is 0 Å². The first kappa shape index (κ1) is 22.1. The third kappa shape index (κ3) is 6.47. The summed E-state index contributed by atoms with van der Waals surface area (Å²) in [7, 11) is 0. The maximum absolute atomic E-state index is 5.85. The summed E-state index contributed by atoms with van der Waals surface area (Å²) in [5, 5.41) is 6.57. The summed E-state index contributed by atoms with van der Waals surface area (Å²) in [6, 6.07) is 4.25. The molecule has 0 bridgehead atoms. The van der Waals surface area contributed by atoms with Crippen molar-refractivity contribution in [2.75, 3.05) is 24.5 Å². The molecule has 0 aliphatic carbocycles. The third-order valence-electron chi connectivity index (χ3n) is 5.20. The highest BCUT2D eigenvalue weighted by Crippen LogP contribution is 2.22. The zero-order valence-electron chi connectivity index (χ0n) is 18.9. The lowest BCUT2D eigenvalue weighted by Gasteiger charge is -2.21. The topological polar surface area (TPSA) is 78.6 Å². The molecule has 2 N–H and O–H groups in total. The van der Waals surface area contributed by atoms with Gasteiger partial charge in [0, 0.05) is 31.2 Å². The van der Waals surface area contributed by atoms with Crippen molar-refractivity contribution in [3.63, 3.8) is 0 Å². The van der Waals surface area contributed by atoms with Crippen LogP contribution in [0.15, 0.2) is 33.9 Å². The van der Waals surface area contributed by atoms with E-state index in [1.54, 1.807) is 6.20 Å². The maximum atomic E-state index is 5.85. The number of anilines is 1. The van der Waals surface area contributed by atoms with E-state index in [4.69, 9.17) is 4.42 Å². The van der Waals surface area contributed by atoms with Gasteiger partial charge in [-0.15, -0.1) is 0 Å². The predicted molar refractivity (Wildman–Crippen MR) is 122 cm³/mol. The molecular weight excluding hydrogens is 376 g/mol. The molecule has 3 rings (SSSR count). The van der Waals surface area contributed by atoms with Gasteiger partial charge in [0.1, 0.15) is 11.6 Å². The van der Waals surface area contributed by atoms with Gasteiger partial charge in [0.05, 0.1) is 19.3 Å². The van der Waals surface area contributed by atoms with Crippen molar-refractivity contribution in [1.29, 1.82) is 0 Å². The Bertz CT molecular complexity index is 798. The van der Waals surface area contributed by atoms with Crippen LogP contribution in [0.4, 0.5) is 5.82 Å². The summed E-state index contributed by atoms with van der Waals surface area (Å²) >= 11 is 0. The second-order valence-electron chi connectivity index (χ2n) is 8.84. The fourth-order valence-corrected chi connectivity index (χ4v) is 3.41. The molecule has 0 radical (unpaired) electrons. The number of hydrogen-bond acceptors (Lipinski definition) is 5. The van der Waals surface area contributed by atoms with E-state index in [1.807, 2.05) is 6.20 Å². The molecule has 30 heavy (non-hydrogen) atoms. The minimum absolute atomic E-state index is 0.0453. The lowest BCUT2D eigenvalue weighted by atomic mass is 9.94. The van der Waals surface area contributed by atoms with Gasteiger partial charge in [0.2, 0.25) is 5.89 Å². The first-order valence-electron chi connectivity index (χ1n) is 11.1. The van der Waals surface area contributed by atoms with Gasteiger partial charge < -0.3 is 20.0 Å². The minimum atomic E-state index is -0.0453. The molecule has 2 aromatic rings. The van der Waals surface area contributed by atoms with Crippen LogP contribution in [0.3, 0.4) is 0 Å². The predicted octanol–water partition coefficient (Wildman–Crippen LogP) is 4.00. The Hall–Kier alpha value is -2.57. The van der Waals surface area contributed by atoms with Crippen molar-refractivity contribution in [2.24, 2.45) is 4.99 Å². The van der Waals surface area contributed by atoms with Crippen LogP contribution in [0.1, 0.15) is 70.6 Å². The molecule has 0 spiro atoms. The van der Waals surface area contributed by atoms with E-state index in [0.717, 1.165) is 42.7 Å². The minimum Gasteiger partial charge on any atom is -0.443 e. The Morgan fingerprint density at radius 2 is 1.83 bits per heavy atom. The Morgan fingerprint density at radius 1 is 1.07 bits per heavy atom. The van der Waals surface area contributed by atoms with Gasteiger partial charge in [-0.1, -0.05) is 39.7 Å². The molecule has 3 heterocycles. The van der Waals surface area contributed by atoms with Crippen LogP contribution >= 0.6 is 0 Å². The monoisotopic (exact) mass is 412 g/mol. The summed E-state index contributed by atoms with van der Waals surface area (Å²) in [5.74, 6) is 3.36. The number of pyridine rings is 1. The van der Waals surface area contributed by atoms with Crippen LogP contribution in [0.5, 0.6) is 0 Å². The molecule has 7 heteroatoms. The largest absolute Gasteiger partial charge is 0.443 e. The van der Waals surface area contributed by atoms with Gasteiger partial charge in [0.15, 0.2) is 5.96 Å². The number of nitrogens with one attached hydrogen (secondary N) is 2. The van der Waals surface area contributed by atoms with Crippen LogP contribution < -0.4 is 15.5 Å². The van der Waals surface area contributed by atoms with Crippen LogP contribution in [-0.4, -0.2) is 35.6 Å². The number of oxazole rings is 1. The van der Waals surface area contributed by atoms with Gasteiger partial charge in [-0.3, -0.25) is 0 Å². The highest BCUT2D eigenvalue weighted by molar-refractivity contribution is 5.79. The van der Waals surface area contributed by atoms with Gasteiger partial charge in [-0.05, 0) is 31.4 Å². The molecule has 1 saturated heterocycles. The van der Waals surface area contributed by atoms with E-state index < -0.39 is 0 Å². The lowest BCUT2D eigenvalue weighted by molar-refractivity contribution is 0.379. The van der Waals surface area contributed by atoms with Crippen molar-refractivity contribution < 1.29 is 4.42 Å². The molecular formula is C23H36N6O. The first-order chi connectivity index (χ1) is 14.5. The lowest BCUT2D eigenvalue weighted by Crippen LogP contribution is -2.36. The molecule has 164 valence electrons. The zero-order chi connectivity index (χ0) is 21.4. The Kier molecular flexibility index (Phi) is 7.71. The molecule has 7 nitrogen and oxygen atoms in total. The molecule has 0 aromatic carbocycles. The fourth-order valence-electron chi connectivity index (χ4n) is 3.41. The molecule has 0 saturated carbocycles. The average Bonchev–Trinajstić information content (AvgIpc) is 3.05. The van der Waals surface area contributed by atoms with Crippen molar-refractivity contribution in [3.05, 3.63) is 41.7 Å². The van der Waals surface area contributed by atoms with E-state index in [2.05, 4.69) is 70.3 Å².